The first-order chi connectivity index (χ1) is 7.17. The van der Waals surface area contributed by atoms with Crippen LogP contribution in [0.3, 0.4) is 0 Å². The second-order valence-corrected chi connectivity index (χ2v) is 3.89. The van der Waals surface area contributed by atoms with E-state index >= 15 is 0 Å². The average molecular weight is 225 g/mol. The zero-order chi connectivity index (χ0) is 11.3. The van der Waals surface area contributed by atoms with E-state index in [1.54, 1.807) is 0 Å². The maximum atomic E-state index is 9.12. The summed E-state index contributed by atoms with van der Waals surface area (Å²) in [6.07, 6.45) is 0.635. The minimum atomic E-state index is -0.785. The molecule has 5 nitrogen and oxygen atoms in total. The average Bonchev–Trinajstić information content (AvgIpc) is 2.26. The molecule has 0 saturated heterocycles. The Morgan fingerprint density at radius 2 is 2.40 bits per heavy atom. The molecule has 0 aliphatic rings. The van der Waals surface area contributed by atoms with E-state index in [0.717, 1.165) is 0 Å². The van der Waals surface area contributed by atoms with Crippen LogP contribution in [0.25, 0.3) is 0 Å². The fraction of sp³-hybridized carbons (Fsp3) is 0.333. The van der Waals surface area contributed by atoms with Gasteiger partial charge in [0.1, 0.15) is 11.1 Å². The summed E-state index contributed by atoms with van der Waals surface area (Å²) < 4.78 is 0. The Morgan fingerprint density at radius 1 is 1.67 bits per heavy atom. The predicted molar refractivity (Wildman–Crippen MR) is 57.2 cm³/mol. The first-order valence-corrected chi connectivity index (χ1v) is 5.23. The molecule has 1 rings (SSSR count). The van der Waals surface area contributed by atoms with E-state index in [1.165, 1.54) is 24.0 Å². The first-order valence-electron chi connectivity index (χ1n) is 4.24. The highest BCUT2D eigenvalue weighted by molar-refractivity contribution is 7.99. The van der Waals surface area contributed by atoms with Crippen molar-refractivity contribution in [3.8, 4) is 6.07 Å². The van der Waals surface area contributed by atoms with Gasteiger partial charge in [-0.05, 0) is 6.07 Å². The molecule has 0 aliphatic carbocycles. The molecule has 1 aromatic rings. The normalized spacial score (nSPS) is 12.1. The summed E-state index contributed by atoms with van der Waals surface area (Å²) in [5.74, 6) is 0.319. The van der Waals surface area contributed by atoms with Crippen LogP contribution in [0.2, 0.25) is 0 Å². The second-order valence-electron chi connectivity index (χ2n) is 2.88. The van der Waals surface area contributed by atoms with Gasteiger partial charge in [0.05, 0.1) is 24.0 Å². The third kappa shape index (κ3) is 3.40. The molecule has 1 atom stereocenters. The van der Waals surface area contributed by atoms with E-state index in [-0.39, 0.29) is 6.61 Å². The number of anilines is 1. The zero-order valence-corrected chi connectivity index (χ0v) is 8.74. The number of hydrogen-bond acceptors (Lipinski definition) is 6. The molecule has 1 unspecified atom stereocenters. The molecule has 0 aromatic carbocycles. The maximum Gasteiger partial charge on any atom is 0.119 e. The number of nitrogens with two attached hydrogens (primary N) is 1. The highest BCUT2D eigenvalue weighted by atomic mass is 32.2. The lowest BCUT2D eigenvalue weighted by Gasteiger charge is -2.07. The van der Waals surface area contributed by atoms with Gasteiger partial charge in [0.25, 0.3) is 0 Å². The van der Waals surface area contributed by atoms with Gasteiger partial charge in [0, 0.05) is 11.9 Å². The number of nitrogen functional groups attached to an aromatic ring is 1. The first kappa shape index (κ1) is 11.8. The van der Waals surface area contributed by atoms with E-state index in [9.17, 15) is 0 Å². The number of aliphatic hydroxyl groups is 2. The Bertz CT molecular complexity index is 378. The Kier molecular flexibility index (Phi) is 4.37. The van der Waals surface area contributed by atoms with Crippen molar-refractivity contribution in [1.29, 1.82) is 5.26 Å². The van der Waals surface area contributed by atoms with Crippen LogP contribution >= 0.6 is 11.8 Å². The van der Waals surface area contributed by atoms with Crippen molar-refractivity contribution in [2.24, 2.45) is 0 Å². The van der Waals surface area contributed by atoms with Gasteiger partial charge in [0.15, 0.2) is 0 Å². The Balaban J connectivity index is 2.67. The highest BCUT2D eigenvalue weighted by Crippen LogP contribution is 2.23. The van der Waals surface area contributed by atoms with Crippen LogP contribution in [-0.4, -0.2) is 33.7 Å². The van der Waals surface area contributed by atoms with Gasteiger partial charge < -0.3 is 15.9 Å². The number of nitriles is 1. The number of rotatable bonds is 4. The molecular weight excluding hydrogens is 214 g/mol. The lowest BCUT2D eigenvalue weighted by atomic mass is 10.3. The quantitative estimate of drug-likeness (QED) is 0.622. The molecule has 0 radical (unpaired) electrons. The summed E-state index contributed by atoms with van der Waals surface area (Å²) in [6, 6.07) is 3.46. The molecule has 6 heteroatoms. The Hall–Kier alpha value is -1.29. The zero-order valence-electron chi connectivity index (χ0n) is 7.92. The molecule has 80 valence electrons. The fourth-order valence-corrected chi connectivity index (χ4v) is 1.69. The summed E-state index contributed by atoms with van der Waals surface area (Å²) in [5.41, 5.74) is 6.46. The van der Waals surface area contributed by atoms with E-state index in [0.29, 0.717) is 22.0 Å². The molecule has 4 N–H and O–H groups in total. The summed E-state index contributed by atoms with van der Waals surface area (Å²) >= 11 is 1.24. The third-order valence-electron chi connectivity index (χ3n) is 1.63. The summed E-state index contributed by atoms with van der Waals surface area (Å²) in [4.78, 5) is 3.98. The van der Waals surface area contributed by atoms with E-state index in [4.69, 9.17) is 21.2 Å². The molecule has 0 fully saturated rings. The van der Waals surface area contributed by atoms with Crippen molar-refractivity contribution in [3.63, 3.8) is 0 Å². The van der Waals surface area contributed by atoms with Crippen LogP contribution in [0.15, 0.2) is 17.3 Å². The van der Waals surface area contributed by atoms with Crippen molar-refractivity contribution in [2.45, 2.75) is 11.1 Å². The van der Waals surface area contributed by atoms with Gasteiger partial charge in [-0.15, -0.1) is 11.8 Å². The predicted octanol–water partition coefficient (Wildman–Crippen LogP) is -0.0192. The number of thioether (sulfide) groups is 1. The third-order valence-corrected chi connectivity index (χ3v) is 2.80. The standard InChI is InChI=1S/C9H11N3O2S/c10-2-6-1-8(11)9(12-3-6)15-5-7(14)4-13/h1,3,7,13-14H,4-5,11H2. The monoisotopic (exact) mass is 225 g/mol. The number of pyridine rings is 1. The van der Waals surface area contributed by atoms with Crippen molar-refractivity contribution in [3.05, 3.63) is 17.8 Å². The van der Waals surface area contributed by atoms with Gasteiger partial charge in [-0.25, -0.2) is 4.98 Å². The molecular formula is C9H11N3O2S. The van der Waals surface area contributed by atoms with Crippen LogP contribution in [0.4, 0.5) is 5.69 Å². The van der Waals surface area contributed by atoms with Crippen LogP contribution in [-0.2, 0) is 0 Å². The van der Waals surface area contributed by atoms with Gasteiger partial charge >= 0.3 is 0 Å². The fourth-order valence-electron chi connectivity index (χ4n) is 0.879. The van der Waals surface area contributed by atoms with Crippen molar-refractivity contribution in [1.82, 2.24) is 4.98 Å². The molecule has 0 bridgehead atoms. The van der Waals surface area contributed by atoms with Crippen molar-refractivity contribution < 1.29 is 10.2 Å². The molecule has 1 aromatic heterocycles. The summed E-state index contributed by atoms with van der Waals surface area (Å²) in [5, 5.41) is 26.9. The van der Waals surface area contributed by atoms with E-state index in [2.05, 4.69) is 4.98 Å². The van der Waals surface area contributed by atoms with Gasteiger partial charge in [-0.3, -0.25) is 0 Å². The summed E-state index contributed by atoms with van der Waals surface area (Å²) in [7, 11) is 0. The maximum absolute atomic E-state index is 9.12. The lowest BCUT2D eigenvalue weighted by molar-refractivity contribution is 0.113. The molecule has 15 heavy (non-hydrogen) atoms. The van der Waals surface area contributed by atoms with Gasteiger partial charge in [-0.1, -0.05) is 0 Å². The molecule has 0 aliphatic heterocycles. The van der Waals surface area contributed by atoms with Crippen LogP contribution in [0.5, 0.6) is 0 Å². The largest absolute Gasteiger partial charge is 0.397 e. The van der Waals surface area contributed by atoms with E-state index < -0.39 is 6.10 Å². The van der Waals surface area contributed by atoms with Gasteiger partial charge in [0.2, 0.25) is 0 Å². The number of nitrogens with zero attached hydrogens (tertiary/aromatic N) is 2. The van der Waals surface area contributed by atoms with Crippen molar-refractivity contribution in [2.75, 3.05) is 18.1 Å². The van der Waals surface area contributed by atoms with Crippen LogP contribution < -0.4 is 5.73 Å². The number of hydrogen-bond donors (Lipinski definition) is 3. The number of aromatic nitrogens is 1. The molecule has 1 heterocycles. The molecule has 0 saturated carbocycles. The SMILES string of the molecule is N#Cc1cnc(SCC(O)CO)c(N)c1. The summed E-state index contributed by atoms with van der Waals surface area (Å²) in [6.45, 7) is -0.289. The van der Waals surface area contributed by atoms with Gasteiger partial charge in [-0.2, -0.15) is 5.26 Å². The second kappa shape index (κ2) is 5.56. The smallest absolute Gasteiger partial charge is 0.119 e. The van der Waals surface area contributed by atoms with Crippen molar-refractivity contribution >= 4 is 17.4 Å². The lowest BCUT2D eigenvalue weighted by Crippen LogP contribution is -2.14. The van der Waals surface area contributed by atoms with Crippen LogP contribution in [0, 0.1) is 11.3 Å². The topological polar surface area (TPSA) is 103 Å². The molecule has 0 amide bonds. The van der Waals surface area contributed by atoms with E-state index in [1.807, 2.05) is 6.07 Å². The minimum absolute atomic E-state index is 0.289. The Labute approximate surface area is 91.6 Å². The minimum Gasteiger partial charge on any atom is -0.397 e. The van der Waals surface area contributed by atoms with Crippen LogP contribution in [0.1, 0.15) is 5.56 Å². The molecule has 0 spiro atoms. The Morgan fingerprint density at radius 3 is 2.93 bits per heavy atom. The highest BCUT2D eigenvalue weighted by Gasteiger charge is 2.07. The number of aliphatic hydroxyl groups excluding tert-OH is 2.